The number of hydrogen-bond acceptors (Lipinski definition) is 5. The molecule has 0 saturated heterocycles. The highest BCUT2D eigenvalue weighted by molar-refractivity contribution is 7.96. The first-order valence-corrected chi connectivity index (χ1v) is 9.48. The molecule has 2 aromatic carbocycles. The lowest BCUT2D eigenvalue weighted by atomic mass is 10.1. The highest BCUT2D eigenvalue weighted by Gasteiger charge is 2.14. The van der Waals surface area contributed by atoms with E-state index in [0.29, 0.717) is 11.3 Å². The molecule has 0 aromatic heterocycles. The third kappa shape index (κ3) is 5.35. The summed E-state index contributed by atoms with van der Waals surface area (Å²) >= 11 is 8.15. The summed E-state index contributed by atoms with van der Waals surface area (Å²) in [5.74, 6) is 0. The van der Waals surface area contributed by atoms with Crippen LogP contribution >= 0.6 is 24.8 Å². The number of carbonyl (C=O) groups is 1. The van der Waals surface area contributed by atoms with Gasteiger partial charge in [-0.2, -0.15) is 13.4 Å². The summed E-state index contributed by atoms with van der Waals surface area (Å²) in [5.41, 5.74) is 2.83. The SMILES string of the molecule is Cc1cc(NC(=O)S)ccc1/C=C/c1ccc(N=C=S)cc1S(=O)(=O)O. The highest BCUT2D eigenvalue weighted by atomic mass is 32.2. The second-order valence-electron chi connectivity index (χ2n) is 5.24. The average Bonchev–Trinajstić information content (AvgIpc) is 2.53. The first-order chi connectivity index (χ1) is 12.2. The topological polar surface area (TPSA) is 95.8 Å². The lowest BCUT2D eigenvalue weighted by molar-refractivity contribution is 0.270. The number of isothiocyanates is 1. The summed E-state index contributed by atoms with van der Waals surface area (Å²) in [6.07, 6.45) is 3.26. The number of anilines is 1. The van der Waals surface area contributed by atoms with Gasteiger partial charge in [0.2, 0.25) is 0 Å². The van der Waals surface area contributed by atoms with Crippen LogP contribution in [0.3, 0.4) is 0 Å². The monoisotopic (exact) mass is 406 g/mol. The van der Waals surface area contributed by atoms with Crippen LogP contribution in [0, 0.1) is 6.92 Å². The van der Waals surface area contributed by atoms with E-state index in [2.05, 4.69) is 40.3 Å². The molecule has 9 heteroatoms. The van der Waals surface area contributed by atoms with Crippen molar-refractivity contribution in [3.05, 3.63) is 53.1 Å². The van der Waals surface area contributed by atoms with Gasteiger partial charge in [0.15, 0.2) is 0 Å². The number of thiol groups is 1. The van der Waals surface area contributed by atoms with E-state index in [9.17, 15) is 17.8 Å². The number of amides is 1. The fraction of sp³-hybridized carbons (Fsp3) is 0.0588. The summed E-state index contributed by atoms with van der Waals surface area (Å²) in [7, 11) is -4.44. The Kier molecular flexibility index (Phi) is 6.47. The van der Waals surface area contributed by atoms with Gasteiger partial charge in [-0.25, -0.2) is 0 Å². The lowest BCUT2D eigenvalue weighted by Gasteiger charge is -2.07. The Morgan fingerprint density at radius 2 is 1.88 bits per heavy atom. The Labute approximate surface area is 161 Å². The van der Waals surface area contributed by atoms with E-state index in [1.165, 1.54) is 12.1 Å². The van der Waals surface area contributed by atoms with Gasteiger partial charge in [-0.15, -0.1) is 0 Å². The molecular weight excluding hydrogens is 392 g/mol. The molecule has 0 aliphatic carbocycles. The van der Waals surface area contributed by atoms with Crippen LogP contribution < -0.4 is 5.32 Å². The van der Waals surface area contributed by atoms with E-state index >= 15 is 0 Å². The normalized spacial score (nSPS) is 11.2. The zero-order valence-electron chi connectivity index (χ0n) is 13.5. The molecule has 6 nitrogen and oxygen atoms in total. The van der Waals surface area contributed by atoms with Crippen LogP contribution in [-0.2, 0) is 10.1 Å². The quantitative estimate of drug-likeness (QED) is 0.222. The first kappa shape index (κ1) is 20.0. The van der Waals surface area contributed by atoms with Crippen molar-refractivity contribution in [2.24, 2.45) is 4.99 Å². The van der Waals surface area contributed by atoms with Crippen LogP contribution in [0.25, 0.3) is 12.2 Å². The Bertz CT molecular complexity index is 1040. The van der Waals surface area contributed by atoms with Crippen molar-refractivity contribution in [1.29, 1.82) is 0 Å². The molecule has 0 bridgehead atoms. The Morgan fingerprint density at radius 3 is 2.46 bits per heavy atom. The fourth-order valence-corrected chi connectivity index (χ4v) is 3.19. The molecule has 2 aromatic rings. The molecule has 0 spiro atoms. The molecule has 0 aliphatic rings. The lowest BCUT2D eigenvalue weighted by Crippen LogP contribution is -2.01. The largest absolute Gasteiger partial charge is 0.317 e. The van der Waals surface area contributed by atoms with Gasteiger partial charge in [0, 0.05) is 5.69 Å². The Morgan fingerprint density at radius 1 is 1.23 bits per heavy atom. The van der Waals surface area contributed by atoms with Crippen LogP contribution in [0.4, 0.5) is 16.2 Å². The molecule has 0 saturated carbocycles. The van der Waals surface area contributed by atoms with Crippen LogP contribution in [-0.4, -0.2) is 23.4 Å². The van der Waals surface area contributed by atoms with Gasteiger partial charge in [0.1, 0.15) is 4.90 Å². The van der Waals surface area contributed by atoms with Gasteiger partial charge in [-0.3, -0.25) is 9.35 Å². The number of aryl methyl sites for hydroxylation is 1. The third-order valence-corrected chi connectivity index (χ3v) is 4.53. The predicted octanol–water partition coefficient (Wildman–Crippen LogP) is 4.61. The maximum absolute atomic E-state index is 11.6. The molecule has 0 unspecified atom stereocenters. The van der Waals surface area contributed by atoms with Crippen molar-refractivity contribution >= 4 is 68.9 Å². The van der Waals surface area contributed by atoms with Crippen molar-refractivity contribution in [3.8, 4) is 0 Å². The maximum atomic E-state index is 11.6. The van der Waals surface area contributed by atoms with Crippen molar-refractivity contribution in [2.75, 3.05) is 5.32 Å². The number of nitrogens with zero attached hydrogens (tertiary/aromatic N) is 1. The Balaban J connectivity index is 2.41. The average molecular weight is 407 g/mol. The molecule has 0 heterocycles. The molecule has 2 rings (SSSR count). The van der Waals surface area contributed by atoms with Gasteiger partial charge in [0.25, 0.3) is 15.4 Å². The van der Waals surface area contributed by atoms with Crippen molar-refractivity contribution < 1.29 is 17.8 Å². The number of hydrogen-bond donors (Lipinski definition) is 3. The number of rotatable bonds is 5. The van der Waals surface area contributed by atoms with Crippen LogP contribution in [0.15, 0.2) is 46.3 Å². The molecule has 0 atom stereocenters. The van der Waals surface area contributed by atoms with Crippen molar-refractivity contribution in [1.82, 2.24) is 0 Å². The highest BCUT2D eigenvalue weighted by Crippen LogP contribution is 2.25. The summed E-state index contributed by atoms with van der Waals surface area (Å²) in [5, 5.41) is 4.23. The molecule has 1 amide bonds. The van der Waals surface area contributed by atoms with Crippen molar-refractivity contribution in [3.63, 3.8) is 0 Å². The predicted molar refractivity (Wildman–Crippen MR) is 109 cm³/mol. The van der Waals surface area contributed by atoms with Gasteiger partial charge < -0.3 is 5.32 Å². The Hall–Kier alpha value is -2.29. The number of carbonyl (C=O) groups excluding carboxylic acids is 1. The van der Waals surface area contributed by atoms with E-state index in [1.807, 2.05) is 6.92 Å². The first-order valence-electron chi connectivity index (χ1n) is 7.19. The molecule has 2 N–H and O–H groups in total. The van der Waals surface area contributed by atoms with Crippen molar-refractivity contribution in [2.45, 2.75) is 11.8 Å². The van der Waals surface area contributed by atoms with Gasteiger partial charge in [-0.1, -0.05) is 36.9 Å². The second kappa shape index (κ2) is 8.39. The summed E-state index contributed by atoms with van der Waals surface area (Å²) < 4.78 is 32.7. The van der Waals surface area contributed by atoms with Gasteiger partial charge in [-0.05, 0) is 60.1 Å². The minimum absolute atomic E-state index is 0.271. The molecule has 0 fully saturated rings. The zero-order valence-corrected chi connectivity index (χ0v) is 16.0. The fourth-order valence-electron chi connectivity index (χ4n) is 2.25. The van der Waals surface area contributed by atoms with Gasteiger partial charge >= 0.3 is 0 Å². The third-order valence-electron chi connectivity index (χ3n) is 3.41. The van der Waals surface area contributed by atoms with E-state index < -0.39 is 15.4 Å². The zero-order chi connectivity index (χ0) is 19.3. The van der Waals surface area contributed by atoms with Crippen LogP contribution in [0.5, 0.6) is 0 Å². The number of aliphatic imine (C=N–C) groups is 1. The van der Waals surface area contributed by atoms with Crippen LogP contribution in [0.1, 0.15) is 16.7 Å². The van der Waals surface area contributed by atoms with E-state index in [4.69, 9.17) is 0 Å². The molecule has 0 aliphatic heterocycles. The molecule has 26 heavy (non-hydrogen) atoms. The summed E-state index contributed by atoms with van der Waals surface area (Å²) in [4.78, 5) is 14.4. The van der Waals surface area contributed by atoms with Gasteiger partial charge in [0.05, 0.1) is 10.8 Å². The summed E-state index contributed by atoms with van der Waals surface area (Å²) in [6.45, 7) is 1.84. The molecular formula is C17H14N2O4S3. The second-order valence-corrected chi connectivity index (χ2v) is 7.21. The van der Waals surface area contributed by atoms with Crippen LogP contribution in [0.2, 0.25) is 0 Å². The number of benzene rings is 2. The minimum Gasteiger partial charge on any atom is -0.317 e. The minimum atomic E-state index is -4.44. The van der Waals surface area contributed by atoms with E-state index in [-0.39, 0.29) is 10.6 Å². The smallest absolute Gasteiger partial charge is 0.295 e. The standard InChI is InChI=1S/C17H14N2O4S3/c1-11-8-15(19-17(20)25)7-4-12(11)2-3-13-5-6-14(18-10-24)9-16(13)26(21,22)23/h2-9H,1H3,(H2,19,20,25)(H,21,22,23)/b3-2+. The molecule has 134 valence electrons. The molecule has 0 radical (unpaired) electrons. The maximum Gasteiger partial charge on any atom is 0.295 e. The van der Waals surface area contributed by atoms with E-state index in [0.717, 1.165) is 11.1 Å². The summed E-state index contributed by atoms with van der Waals surface area (Å²) in [6, 6.07) is 9.51. The number of thiocarbonyl (C=S) groups is 1. The van der Waals surface area contributed by atoms with E-state index in [1.54, 1.807) is 36.4 Å². The number of nitrogens with one attached hydrogen (secondary N) is 1.